The van der Waals surface area contributed by atoms with E-state index in [1.165, 1.54) is 6.92 Å². The highest BCUT2D eigenvalue weighted by molar-refractivity contribution is 6.39. The molecule has 0 fully saturated rings. The summed E-state index contributed by atoms with van der Waals surface area (Å²) in [5.74, 6) is -0.395. The SMILES string of the molecule is CCCCC(CC)CN(CC(CC)CCCC)C(=O)C(=O)CC(C)=O. The maximum absolute atomic E-state index is 12.7. The van der Waals surface area contributed by atoms with Crippen LogP contribution in [0.25, 0.3) is 0 Å². The van der Waals surface area contributed by atoms with Crippen LogP contribution in [0.1, 0.15) is 92.4 Å². The Balaban J connectivity index is 5.09. The number of amides is 1. The number of unbranched alkanes of at least 4 members (excludes halogenated alkanes) is 2. The molecule has 0 aliphatic rings. The Labute approximate surface area is 154 Å². The fourth-order valence-electron chi connectivity index (χ4n) is 3.18. The molecule has 4 heteroatoms. The molecule has 25 heavy (non-hydrogen) atoms. The van der Waals surface area contributed by atoms with Gasteiger partial charge in [-0.15, -0.1) is 0 Å². The van der Waals surface area contributed by atoms with Gasteiger partial charge in [0.15, 0.2) is 0 Å². The second kappa shape index (κ2) is 14.0. The summed E-state index contributed by atoms with van der Waals surface area (Å²) < 4.78 is 0. The average Bonchev–Trinajstić information content (AvgIpc) is 2.59. The normalized spacial score (nSPS) is 13.3. The molecular weight excluding hydrogens is 314 g/mol. The summed E-state index contributed by atoms with van der Waals surface area (Å²) >= 11 is 0. The number of hydrogen-bond acceptors (Lipinski definition) is 3. The van der Waals surface area contributed by atoms with Gasteiger partial charge in [0.05, 0.1) is 6.42 Å². The monoisotopic (exact) mass is 353 g/mol. The first-order valence-corrected chi connectivity index (χ1v) is 10.2. The topological polar surface area (TPSA) is 54.5 Å². The number of Topliss-reactive ketones (excluding diaryl/α,β-unsaturated/α-hetero) is 2. The minimum absolute atomic E-state index is 0.241. The molecule has 146 valence electrons. The van der Waals surface area contributed by atoms with Gasteiger partial charge in [0.25, 0.3) is 5.91 Å². The number of carbonyl (C=O) groups excluding carboxylic acids is 3. The van der Waals surface area contributed by atoms with Crippen LogP contribution in [0.2, 0.25) is 0 Å². The molecule has 1 amide bonds. The van der Waals surface area contributed by atoms with Crippen molar-refractivity contribution in [3.05, 3.63) is 0 Å². The summed E-state index contributed by atoms with van der Waals surface area (Å²) in [6.07, 6.45) is 8.50. The largest absolute Gasteiger partial charge is 0.336 e. The van der Waals surface area contributed by atoms with Gasteiger partial charge in [0.2, 0.25) is 5.78 Å². The molecule has 0 aromatic heterocycles. The van der Waals surface area contributed by atoms with Gasteiger partial charge in [0.1, 0.15) is 5.78 Å². The molecule has 0 saturated heterocycles. The lowest BCUT2D eigenvalue weighted by Crippen LogP contribution is -2.43. The van der Waals surface area contributed by atoms with E-state index in [0.29, 0.717) is 24.9 Å². The van der Waals surface area contributed by atoms with Crippen LogP contribution in [0, 0.1) is 11.8 Å². The van der Waals surface area contributed by atoms with Crippen LogP contribution in [0.3, 0.4) is 0 Å². The van der Waals surface area contributed by atoms with Crippen molar-refractivity contribution < 1.29 is 14.4 Å². The van der Waals surface area contributed by atoms with E-state index in [0.717, 1.165) is 51.4 Å². The molecule has 0 aliphatic carbocycles. The second-order valence-electron chi connectivity index (χ2n) is 7.35. The molecule has 0 rings (SSSR count). The third-order valence-electron chi connectivity index (χ3n) is 4.98. The molecule has 0 spiro atoms. The summed E-state index contributed by atoms with van der Waals surface area (Å²) in [6, 6.07) is 0. The number of hydrogen-bond donors (Lipinski definition) is 0. The first-order valence-electron chi connectivity index (χ1n) is 10.2. The fraction of sp³-hybridized carbons (Fsp3) is 0.857. The Hall–Kier alpha value is -1.19. The van der Waals surface area contributed by atoms with Gasteiger partial charge < -0.3 is 4.90 Å². The van der Waals surface area contributed by atoms with Crippen molar-refractivity contribution in [2.75, 3.05) is 13.1 Å². The van der Waals surface area contributed by atoms with Crippen molar-refractivity contribution in [3.63, 3.8) is 0 Å². The Morgan fingerprint density at radius 2 is 1.24 bits per heavy atom. The minimum Gasteiger partial charge on any atom is -0.336 e. The standard InChI is InChI=1S/C21H39NO3/c1-6-10-12-18(8-3)15-22(16-19(9-4)13-11-7-2)21(25)20(24)14-17(5)23/h18-19H,6-16H2,1-5H3. The molecular formula is C21H39NO3. The molecule has 0 bridgehead atoms. The number of nitrogens with zero attached hydrogens (tertiary/aromatic N) is 1. The van der Waals surface area contributed by atoms with Gasteiger partial charge in [-0.25, -0.2) is 0 Å². The zero-order chi connectivity index (χ0) is 19.2. The van der Waals surface area contributed by atoms with Crippen LogP contribution in [0.4, 0.5) is 0 Å². The van der Waals surface area contributed by atoms with Gasteiger partial charge in [0, 0.05) is 13.1 Å². The Kier molecular flexibility index (Phi) is 13.4. The fourth-order valence-corrected chi connectivity index (χ4v) is 3.18. The van der Waals surface area contributed by atoms with Crippen molar-refractivity contribution in [3.8, 4) is 0 Å². The number of rotatable bonds is 15. The predicted molar refractivity (Wildman–Crippen MR) is 103 cm³/mol. The van der Waals surface area contributed by atoms with E-state index in [2.05, 4.69) is 27.7 Å². The van der Waals surface area contributed by atoms with E-state index in [-0.39, 0.29) is 12.2 Å². The van der Waals surface area contributed by atoms with Gasteiger partial charge in [-0.05, 0) is 31.6 Å². The van der Waals surface area contributed by atoms with E-state index in [9.17, 15) is 14.4 Å². The van der Waals surface area contributed by atoms with Gasteiger partial charge in [-0.2, -0.15) is 0 Å². The van der Waals surface area contributed by atoms with Crippen molar-refractivity contribution in [2.24, 2.45) is 11.8 Å². The summed E-state index contributed by atoms with van der Waals surface area (Å²) in [6.45, 7) is 11.3. The molecule has 0 aromatic carbocycles. The summed E-state index contributed by atoms with van der Waals surface area (Å²) in [5.41, 5.74) is 0. The van der Waals surface area contributed by atoms with Crippen molar-refractivity contribution in [2.45, 2.75) is 92.4 Å². The second-order valence-corrected chi connectivity index (χ2v) is 7.35. The van der Waals surface area contributed by atoms with Crippen molar-refractivity contribution >= 4 is 17.5 Å². The highest BCUT2D eigenvalue weighted by Crippen LogP contribution is 2.19. The lowest BCUT2D eigenvalue weighted by Gasteiger charge is -2.30. The number of ketones is 2. The van der Waals surface area contributed by atoms with Gasteiger partial charge in [-0.1, -0.05) is 66.2 Å². The summed E-state index contributed by atoms with van der Waals surface area (Å²) in [7, 11) is 0. The molecule has 2 atom stereocenters. The smallest absolute Gasteiger partial charge is 0.290 e. The zero-order valence-corrected chi connectivity index (χ0v) is 17.1. The lowest BCUT2D eigenvalue weighted by molar-refractivity contribution is -0.146. The maximum atomic E-state index is 12.7. The Morgan fingerprint density at radius 1 is 0.800 bits per heavy atom. The van der Waals surface area contributed by atoms with E-state index < -0.39 is 11.7 Å². The first kappa shape index (κ1) is 23.8. The zero-order valence-electron chi connectivity index (χ0n) is 17.1. The molecule has 0 radical (unpaired) electrons. The quantitative estimate of drug-likeness (QED) is 0.314. The lowest BCUT2D eigenvalue weighted by atomic mass is 9.95. The maximum Gasteiger partial charge on any atom is 0.290 e. The average molecular weight is 354 g/mol. The van der Waals surface area contributed by atoms with E-state index >= 15 is 0 Å². The highest BCUT2D eigenvalue weighted by atomic mass is 16.2. The molecule has 2 unspecified atom stereocenters. The van der Waals surface area contributed by atoms with Crippen LogP contribution in [0.15, 0.2) is 0 Å². The van der Waals surface area contributed by atoms with Crippen molar-refractivity contribution in [1.82, 2.24) is 4.90 Å². The predicted octanol–water partition coefficient (Wildman–Crippen LogP) is 4.80. The Morgan fingerprint density at radius 3 is 1.56 bits per heavy atom. The molecule has 0 aromatic rings. The van der Waals surface area contributed by atoms with Gasteiger partial charge in [-0.3, -0.25) is 14.4 Å². The minimum atomic E-state index is -0.553. The summed E-state index contributed by atoms with van der Waals surface area (Å²) in [4.78, 5) is 37.8. The molecule has 0 saturated carbocycles. The van der Waals surface area contributed by atoms with Crippen molar-refractivity contribution in [1.29, 1.82) is 0 Å². The van der Waals surface area contributed by atoms with Crippen LogP contribution in [-0.2, 0) is 14.4 Å². The van der Waals surface area contributed by atoms with E-state index in [1.54, 1.807) is 4.90 Å². The van der Waals surface area contributed by atoms with Gasteiger partial charge >= 0.3 is 0 Å². The van der Waals surface area contributed by atoms with Crippen LogP contribution >= 0.6 is 0 Å². The molecule has 0 N–H and O–H groups in total. The van der Waals surface area contributed by atoms with Crippen LogP contribution in [0.5, 0.6) is 0 Å². The number of carbonyl (C=O) groups is 3. The Bertz CT molecular complexity index is 388. The molecule has 0 aliphatic heterocycles. The molecule has 0 heterocycles. The van der Waals surface area contributed by atoms with E-state index in [1.807, 2.05) is 0 Å². The van der Waals surface area contributed by atoms with Crippen LogP contribution in [-0.4, -0.2) is 35.5 Å². The molecule has 4 nitrogen and oxygen atoms in total. The highest BCUT2D eigenvalue weighted by Gasteiger charge is 2.26. The third-order valence-corrected chi connectivity index (χ3v) is 4.98. The summed E-state index contributed by atoms with van der Waals surface area (Å²) in [5, 5.41) is 0. The van der Waals surface area contributed by atoms with Crippen LogP contribution < -0.4 is 0 Å². The third kappa shape index (κ3) is 10.4. The first-order chi connectivity index (χ1) is 11.9. The van der Waals surface area contributed by atoms with E-state index in [4.69, 9.17) is 0 Å².